The third kappa shape index (κ3) is 2.36. The number of methoxy groups -OCH3 is 1. The van der Waals surface area contributed by atoms with Gasteiger partial charge in [-0.15, -0.1) is 0 Å². The highest BCUT2D eigenvalue weighted by Gasteiger charge is 2.15. The summed E-state index contributed by atoms with van der Waals surface area (Å²) in [6.45, 7) is 0. The summed E-state index contributed by atoms with van der Waals surface area (Å²) in [5.41, 5.74) is 1.74. The zero-order chi connectivity index (χ0) is 15.8. The lowest BCUT2D eigenvalue weighted by Crippen LogP contribution is -1.99. The molecule has 0 aliphatic heterocycles. The third-order valence-corrected chi connectivity index (χ3v) is 3.71. The van der Waals surface area contributed by atoms with Crippen LogP contribution in [-0.4, -0.2) is 12.1 Å². The van der Waals surface area contributed by atoms with Gasteiger partial charge >= 0.3 is 5.63 Å². The molecule has 0 atom stereocenters. The molecule has 114 valence electrons. The van der Waals surface area contributed by atoms with Crippen molar-refractivity contribution in [1.29, 1.82) is 0 Å². The third-order valence-electron chi connectivity index (χ3n) is 3.71. The highest BCUT2D eigenvalue weighted by Crippen LogP contribution is 2.24. The lowest BCUT2D eigenvalue weighted by Gasteiger charge is -2.00. The minimum absolute atomic E-state index is 0.229. The molecule has 4 rings (SSSR count). The van der Waals surface area contributed by atoms with Crippen molar-refractivity contribution in [1.82, 2.24) is 4.98 Å². The molecule has 5 nitrogen and oxygen atoms in total. The van der Waals surface area contributed by atoms with E-state index in [0.29, 0.717) is 23.5 Å². The molecule has 0 N–H and O–H groups in total. The molecule has 0 amide bonds. The average molecular weight is 307 g/mol. The van der Waals surface area contributed by atoms with E-state index in [2.05, 4.69) is 4.98 Å². The number of fused-ring (bicyclic) bond motifs is 3. The van der Waals surface area contributed by atoms with Crippen LogP contribution in [0.5, 0.6) is 5.75 Å². The number of benzene rings is 2. The van der Waals surface area contributed by atoms with Gasteiger partial charge in [0.1, 0.15) is 11.3 Å². The second-order valence-electron chi connectivity index (χ2n) is 5.20. The van der Waals surface area contributed by atoms with Crippen molar-refractivity contribution in [3.8, 4) is 5.75 Å². The fourth-order valence-corrected chi connectivity index (χ4v) is 2.57. The first kappa shape index (κ1) is 13.6. The molecule has 5 heteroatoms. The summed E-state index contributed by atoms with van der Waals surface area (Å²) in [6, 6.07) is 14.9. The second kappa shape index (κ2) is 5.28. The number of ether oxygens (including phenoxy) is 1. The highest BCUT2D eigenvalue weighted by molar-refractivity contribution is 5.98. The Labute approximate surface area is 131 Å². The van der Waals surface area contributed by atoms with Crippen molar-refractivity contribution in [2.75, 3.05) is 7.11 Å². The number of para-hydroxylation sites is 1. The Morgan fingerprint density at radius 1 is 1.04 bits per heavy atom. The Hall–Kier alpha value is -3.08. The number of oxazole rings is 1. The summed E-state index contributed by atoms with van der Waals surface area (Å²) in [4.78, 5) is 16.3. The Morgan fingerprint density at radius 3 is 2.61 bits per heavy atom. The normalized spacial score (nSPS) is 11.2. The van der Waals surface area contributed by atoms with Crippen molar-refractivity contribution in [3.05, 3.63) is 70.4 Å². The molecule has 0 fully saturated rings. The topological polar surface area (TPSA) is 65.5 Å². The van der Waals surface area contributed by atoms with E-state index in [-0.39, 0.29) is 5.52 Å². The lowest BCUT2D eigenvalue weighted by molar-refractivity contribution is 0.414. The van der Waals surface area contributed by atoms with E-state index < -0.39 is 5.63 Å². The SMILES string of the molecule is COc1ccc(Cc2nc3c(=O)oc4ccccc4c3o2)cc1. The average Bonchev–Trinajstić information content (AvgIpc) is 3.00. The molecule has 0 saturated carbocycles. The van der Waals surface area contributed by atoms with Gasteiger partial charge in [0.15, 0.2) is 17.0 Å². The summed E-state index contributed by atoms with van der Waals surface area (Å²) < 4.78 is 16.2. The van der Waals surface area contributed by atoms with E-state index in [1.807, 2.05) is 42.5 Å². The van der Waals surface area contributed by atoms with Gasteiger partial charge < -0.3 is 13.6 Å². The zero-order valence-electron chi connectivity index (χ0n) is 12.4. The van der Waals surface area contributed by atoms with E-state index in [4.69, 9.17) is 13.6 Å². The number of aromatic nitrogens is 1. The molecule has 2 aromatic carbocycles. The Morgan fingerprint density at radius 2 is 1.83 bits per heavy atom. The largest absolute Gasteiger partial charge is 0.497 e. The van der Waals surface area contributed by atoms with Gasteiger partial charge in [0.05, 0.1) is 12.5 Å². The van der Waals surface area contributed by atoms with E-state index in [1.54, 1.807) is 13.2 Å². The molecule has 0 radical (unpaired) electrons. The van der Waals surface area contributed by atoms with Gasteiger partial charge in [0.25, 0.3) is 0 Å². The standard InChI is InChI=1S/C18H13NO4/c1-21-12-8-6-11(7-9-12)10-15-19-16-17(23-15)13-4-2-3-5-14(13)22-18(16)20/h2-9H,10H2,1H3. The molecular formula is C18H13NO4. The van der Waals surface area contributed by atoms with Crippen LogP contribution >= 0.6 is 0 Å². The quantitative estimate of drug-likeness (QED) is 0.542. The van der Waals surface area contributed by atoms with E-state index in [1.165, 1.54) is 0 Å². The minimum atomic E-state index is -0.483. The molecule has 0 spiro atoms. The van der Waals surface area contributed by atoms with E-state index in [0.717, 1.165) is 16.7 Å². The molecule has 0 saturated heterocycles. The van der Waals surface area contributed by atoms with Gasteiger partial charge in [-0.2, -0.15) is 0 Å². The predicted molar refractivity (Wildman–Crippen MR) is 85.9 cm³/mol. The van der Waals surface area contributed by atoms with Crippen LogP contribution in [-0.2, 0) is 6.42 Å². The van der Waals surface area contributed by atoms with Crippen LogP contribution in [0.25, 0.3) is 22.1 Å². The van der Waals surface area contributed by atoms with Crippen LogP contribution in [0.3, 0.4) is 0 Å². The van der Waals surface area contributed by atoms with Crippen LogP contribution in [0.1, 0.15) is 11.5 Å². The molecule has 2 aromatic heterocycles. The van der Waals surface area contributed by atoms with Gasteiger partial charge in [-0.05, 0) is 29.8 Å². The number of nitrogens with zero attached hydrogens (tertiary/aromatic N) is 1. The lowest BCUT2D eigenvalue weighted by atomic mass is 10.1. The van der Waals surface area contributed by atoms with Crippen molar-refractivity contribution < 1.29 is 13.6 Å². The molecule has 2 heterocycles. The number of hydrogen-bond donors (Lipinski definition) is 0. The smallest absolute Gasteiger partial charge is 0.366 e. The van der Waals surface area contributed by atoms with Crippen molar-refractivity contribution in [3.63, 3.8) is 0 Å². The maximum Gasteiger partial charge on any atom is 0.366 e. The Balaban J connectivity index is 1.80. The first-order chi connectivity index (χ1) is 11.2. The fraction of sp³-hybridized carbons (Fsp3) is 0.111. The maximum absolute atomic E-state index is 12.0. The highest BCUT2D eigenvalue weighted by atomic mass is 16.5. The maximum atomic E-state index is 12.0. The molecular weight excluding hydrogens is 294 g/mol. The number of hydrogen-bond acceptors (Lipinski definition) is 5. The molecule has 0 bridgehead atoms. The van der Waals surface area contributed by atoms with Gasteiger partial charge in [0, 0.05) is 6.42 Å². The van der Waals surface area contributed by atoms with Crippen molar-refractivity contribution in [2.24, 2.45) is 0 Å². The minimum Gasteiger partial charge on any atom is -0.497 e. The Bertz CT molecular complexity index is 1040. The van der Waals surface area contributed by atoms with Gasteiger partial charge in [-0.1, -0.05) is 24.3 Å². The van der Waals surface area contributed by atoms with Gasteiger partial charge in [-0.3, -0.25) is 0 Å². The summed E-state index contributed by atoms with van der Waals surface area (Å²) in [6.07, 6.45) is 0.493. The first-order valence-electron chi connectivity index (χ1n) is 7.19. The van der Waals surface area contributed by atoms with Crippen LogP contribution < -0.4 is 10.4 Å². The van der Waals surface area contributed by atoms with E-state index in [9.17, 15) is 4.79 Å². The Kier molecular flexibility index (Phi) is 3.12. The molecule has 23 heavy (non-hydrogen) atoms. The number of rotatable bonds is 3. The van der Waals surface area contributed by atoms with Gasteiger partial charge in [0.2, 0.25) is 0 Å². The molecule has 0 unspecified atom stereocenters. The monoisotopic (exact) mass is 307 g/mol. The summed E-state index contributed by atoms with van der Waals surface area (Å²) in [5, 5.41) is 0.746. The summed E-state index contributed by atoms with van der Waals surface area (Å²) in [7, 11) is 1.63. The zero-order valence-corrected chi connectivity index (χ0v) is 12.4. The van der Waals surface area contributed by atoms with E-state index >= 15 is 0 Å². The summed E-state index contributed by atoms with van der Waals surface area (Å²) in [5.74, 6) is 1.27. The predicted octanol–water partition coefficient (Wildman–Crippen LogP) is 3.53. The molecule has 0 aliphatic rings. The summed E-state index contributed by atoms with van der Waals surface area (Å²) >= 11 is 0. The first-order valence-corrected chi connectivity index (χ1v) is 7.19. The van der Waals surface area contributed by atoms with Crippen LogP contribution in [0, 0.1) is 0 Å². The van der Waals surface area contributed by atoms with Crippen molar-refractivity contribution in [2.45, 2.75) is 6.42 Å². The molecule has 0 aliphatic carbocycles. The van der Waals surface area contributed by atoms with Crippen LogP contribution in [0.2, 0.25) is 0 Å². The fourth-order valence-electron chi connectivity index (χ4n) is 2.57. The second-order valence-corrected chi connectivity index (χ2v) is 5.20. The van der Waals surface area contributed by atoms with Crippen molar-refractivity contribution >= 4 is 22.1 Å². The molecule has 4 aromatic rings. The van der Waals surface area contributed by atoms with Crippen LogP contribution in [0.4, 0.5) is 0 Å². The van der Waals surface area contributed by atoms with Crippen LogP contribution in [0.15, 0.2) is 62.2 Å². The van der Waals surface area contributed by atoms with Gasteiger partial charge in [-0.25, -0.2) is 9.78 Å².